The van der Waals surface area contributed by atoms with Crippen LogP contribution in [0.15, 0.2) is 69.3 Å². The Morgan fingerprint density at radius 1 is 1.00 bits per heavy atom. The van der Waals surface area contributed by atoms with Gasteiger partial charge in [0.2, 0.25) is 0 Å². The van der Waals surface area contributed by atoms with Crippen molar-refractivity contribution in [2.45, 2.75) is 52.4 Å². The zero-order chi connectivity index (χ0) is 17.2. The summed E-state index contributed by atoms with van der Waals surface area (Å²) < 4.78 is 10.1. The standard InChI is InChI=1S/C21H26O3/c1-17(5-3-7-19-9-11-23-15-19)13-21(22)14-18(2)6-4-8-20-10-12-24-16-20/h5,9-12,14-16H,3-4,6-8,13H2,1-2H3/b17-5+,18-14-. The number of carbonyl (C=O) groups is 1. The number of furan rings is 2. The normalized spacial score (nSPS) is 12.6. The molecule has 0 aliphatic heterocycles. The summed E-state index contributed by atoms with van der Waals surface area (Å²) in [7, 11) is 0. The fourth-order valence-electron chi connectivity index (χ4n) is 2.67. The number of carbonyl (C=O) groups excluding carboxylic acids is 1. The summed E-state index contributed by atoms with van der Waals surface area (Å²) in [6.07, 6.45) is 16.2. The molecule has 0 radical (unpaired) electrons. The van der Waals surface area contributed by atoms with E-state index in [1.54, 1.807) is 31.1 Å². The number of rotatable bonds is 10. The number of hydrogen-bond acceptors (Lipinski definition) is 3. The molecule has 0 aromatic carbocycles. The average molecular weight is 326 g/mol. The van der Waals surface area contributed by atoms with Crippen molar-refractivity contribution >= 4 is 5.78 Å². The zero-order valence-corrected chi connectivity index (χ0v) is 14.6. The van der Waals surface area contributed by atoms with E-state index in [0.717, 1.165) is 43.3 Å². The van der Waals surface area contributed by atoms with Gasteiger partial charge < -0.3 is 8.83 Å². The Hall–Kier alpha value is -2.29. The van der Waals surface area contributed by atoms with Crippen molar-refractivity contribution in [3.05, 3.63) is 71.6 Å². The lowest BCUT2D eigenvalue weighted by molar-refractivity contribution is -0.114. The van der Waals surface area contributed by atoms with Gasteiger partial charge in [-0.2, -0.15) is 0 Å². The van der Waals surface area contributed by atoms with Crippen LogP contribution in [0.3, 0.4) is 0 Å². The topological polar surface area (TPSA) is 43.4 Å². The largest absolute Gasteiger partial charge is 0.472 e. The van der Waals surface area contributed by atoms with Gasteiger partial charge in [-0.1, -0.05) is 17.2 Å². The first kappa shape index (κ1) is 18.1. The summed E-state index contributed by atoms with van der Waals surface area (Å²) in [6, 6.07) is 3.96. The summed E-state index contributed by atoms with van der Waals surface area (Å²) in [5.41, 5.74) is 4.69. The second-order valence-corrected chi connectivity index (χ2v) is 6.34. The van der Waals surface area contributed by atoms with E-state index in [9.17, 15) is 4.79 Å². The molecule has 2 aromatic heterocycles. The minimum Gasteiger partial charge on any atom is -0.472 e. The Kier molecular flexibility index (Phi) is 7.34. The number of hydrogen-bond donors (Lipinski definition) is 0. The van der Waals surface area contributed by atoms with E-state index < -0.39 is 0 Å². The predicted octanol–water partition coefficient (Wildman–Crippen LogP) is 5.68. The number of allylic oxidation sites excluding steroid dienone is 4. The van der Waals surface area contributed by atoms with Crippen molar-refractivity contribution < 1.29 is 13.6 Å². The van der Waals surface area contributed by atoms with E-state index in [1.165, 1.54) is 11.1 Å². The maximum absolute atomic E-state index is 12.1. The Bertz CT molecular complexity index is 658. The van der Waals surface area contributed by atoms with Crippen LogP contribution >= 0.6 is 0 Å². The molecule has 2 heterocycles. The van der Waals surface area contributed by atoms with Gasteiger partial charge in [0.15, 0.2) is 5.78 Å². The fraction of sp³-hybridized carbons (Fsp3) is 0.381. The zero-order valence-electron chi connectivity index (χ0n) is 14.6. The lowest BCUT2D eigenvalue weighted by atomic mass is 10.0. The molecule has 0 saturated carbocycles. The van der Waals surface area contributed by atoms with Crippen molar-refractivity contribution in [1.29, 1.82) is 0 Å². The molecule has 2 aromatic rings. The van der Waals surface area contributed by atoms with E-state index in [2.05, 4.69) is 6.08 Å². The van der Waals surface area contributed by atoms with E-state index in [-0.39, 0.29) is 5.78 Å². The molecule has 0 unspecified atom stereocenters. The van der Waals surface area contributed by atoms with Gasteiger partial charge in [-0.3, -0.25) is 4.79 Å². The third-order valence-corrected chi connectivity index (χ3v) is 3.98. The Morgan fingerprint density at radius 3 is 2.29 bits per heavy atom. The Balaban J connectivity index is 1.67. The Morgan fingerprint density at radius 2 is 1.67 bits per heavy atom. The van der Waals surface area contributed by atoms with Crippen LogP contribution in [0.25, 0.3) is 0 Å². The molecule has 0 bridgehead atoms. The van der Waals surface area contributed by atoms with E-state index >= 15 is 0 Å². The van der Waals surface area contributed by atoms with Crippen molar-refractivity contribution in [2.24, 2.45) is 0 Å². The highest BCUT2D eigenvalue weighted by Gasteiger charge is 2.02. The summed E-state index contributed by atoms with van der Waals surface area (Å²) in [5, 5.41) is 0. The Labute approximate surface area is 144 Å². The summed E-state index contributed by atoms with van der Waals surface area (Å²) in [4.78, 5) is 12.1. The van der Waals surface area contributed by atoms with Crippen LogP contribution in [0.1, 0.15) is 50.7 Å². The van der Waals surface area contributed by atoms with Crippen LogP contribution in [0, 0.1) is 0 Å². The smallest absolute Gasteiger partial charge is 0.159 e. The van der Waals surface area contributed by atoms with Crippen molar-refractivity contribution in [1.82, 2.24) is 0 Å². The highest BCUT2D eigenvalue weighted by Crippen LogP contribution is 2.12. The van der Waals surface area contributed by atoms with Crippen molar-refractivity contribution in [2.75, 3.05) is 0 Å². The quantitative estimate of drug-likeness (QED) is 0.417. The fourth-order valence-corrected chi connectivity index (χ4v) is 2.67. The van der Waals surface area contributed by atoms with Gasteiger partial charge in [0, 0.05) is 6.42 Å². The molecule has 24 heavy (non-hydrogen) atoms. The van der Waals surface area contributed by atoms with Gasteiger partial charge >= 0.3 is 0 Å². The monoisotopic (exact) mass is 326 g/mol. The molecule has 0 spiro atoms. The predicted molar refractivity (Wildman–Crippen MR) is 95.8 cm³/mol. The van der Waals surface area contributed by atoms with E-state index in [4.69, 9.17) is 8.83 Å². The molecule has 2 rings (SSSR count). The van der Waals surface area contributed by atoms with E-state index in [1.807, 2.05) is 26.0 Å². The van der Waals surface area contributed by atoms with Gasteiger partial charge in [0.25, 0.3) is 0 Å². The SMILES string of the molecule is C/C(=C/C(=O)C/C(C)=C/CCc1ccoc1)CCCc1ccoc1. The maximum atomic E-state index is 12.1. The molecule has 0 atom stereocenters. The molecule has 0 aliphatic carbocycles. The van der Waals surface area contributed by atoms with Gasteiger partial charge in [0.1, 0.15) is 0 Å². The van der Waals surface area contributed by atoms with Gasteiger partial charge in [-0.05, 0) is 75.3 Å². The third-order valence-electron chi connectivity index (χ3n) is 3.98. The lowest BCUT2D eigenvalue weighted by Crippen LogP contribution is -1.96. The first-order valence-corrected chi connectivity index (χ1v) is 8.51. The molecule has 0 saturated heterocycles. The third kappa shape index (κ3) is 6.86. The van der Waals surface area contributed by atoms with E-state index in [0.29, 0.717) is 6.42 Å². The molecular formula is C21H26O3. The van der Waals surface area contributed by atoms with Crippen molar-refractivity contribution in [3.63, 3.8) is 0 Å². The lowest BCUT2D eigenvalue weighted by Gasteiger charge is -2.02. The average Bonchev–Trinajstić information content (AvgIpc) is 3.20. The van der Waals surface area contributed by atoms with Crippen LogP contribution in [0.2, 0.25) is 0 Å². The van der Waals surface area contributed by atoms with Gasteiger partial charge in [-0.15, -0.1) is 0 Å². The molecule has 3 heteroatoms. The number of aryl methyl sites for hydroxylation is 2. The molecular weight excluding hydrogens is 300 g/mol. The molecule has 0 amide bonds. The van der Waals surface area contributed by atoms with Crippen LogP contribution in [-0.2, 0) is 17.6 Å². The first-order chi connectivity index (χ1) is 11.6. The minimum absolute atomic E-state index is 0.188. The first-order valence-electron chi connectivity index (χ1n) is 8.51. The van der Waals surface area contributed by atoms with Crippen molar-refractivity contribution in [3.8, 4) is 0 Å². The molecule has 0 N–H and O–H groups in total. The number of ketones is 1. The summed E-state index contributed by atoms with van der Waals surface area (Å²) in [5.74, 6) is 0.188. The molecule has 128 valence electrons. The van der Waals surface area contributed by atoms with Gasteiger partial charge in [0.05, 0.1) is 25.1 Å². The highest BCUT2D eigenvalue weighted by molar-refractivity contribution is 5.91. The molecule has 0 fully saturated rings. The molecule has 3 nitrogen and oxygen atoms in total. The second-order valence-electron chi connectivity index (χ2n) is 6.34. The maximum Gasteiger partial charge on any atom is 0.159 e. The summed E-state index contributed by atoms with van der Waals surface area (Å²) >= 11 is 0. The second kappa shape index (κ2) is 9.76. The van der Waals surface area contributed by atoms with Crippen LogP contribution < -0.4 is 0 Å². The van der Waals surface area contributed by atoms with Crippen LogP contribution in [0.4, 0.5) is 0 Å². The highest BCUT2D eigenvalue weighted by atomic mass is 16.3. The van der Waals surface area contributed by atoms with Crippen LogP contribution in [-0.4, -0.2) is 5.78 Å². The summed E-state index contributed by atoms with van der Waals surface area (Å²) in [6.45, 7) is 4.06. The minimum atomic E-state index is 0.188. The molecule has 0 aliphatic rings. The van der Waals surface area contributed by atoms with Gasteiger partial charge in [-0.25, -0.2) is 0 Å². The van der Waals surface area contributed by atoms with Crippen LogP contribution in [0.5, 0.6) is 0 Å².